The standard InChI is InChI=1S/C22H23FN2O2/c1-16(20-9-6-14-27-20)24-21(26)15-25(2)22(17-7-4-3-5-8-17)18-10-12-19(23)13-11-18/h3-14,16,22H,15H2,1-2H3,(H,24,26). The van der Waals surface area contributed by atoms with Gasteiger partial charge in [-0.15, -0.1) is 0 Å². The number of carbonyl (C=O) groups is 1. The van der Waals surface area contributed by atoms with Crippen LogP contribution in [-0.4, -0.2) is 24.4 Å². The highest BCUT2D eigenvalue weighted by atomic mass is 19.1. The lowest BCUT2D eigenvalue weighted by Gasteiger charge is -2.29. The largest absolute Gasteiger partial charge is 0.467 e. The molecule has 0 saturated heterocycles. The van der Waals surface area contributed by atoms with Crippen LogP contribution in [0, 0.1) is 5.82 Å². The number of hydrogen-bond donors (Lipinski definition) is 1. The Kier molecular flexibility index (Phi) is 6.04. The highest BCUT2D eigenvalue weighted by Crippen LogP contribution is 2.27. The van der Waals surface area contributed by atoms with Gasteiger partial charge < -0.3 is 9.73 Å². The van der Waals surface area contributed by atoms with Gasteiger partial charge in [0, 0.05) is 0 Å². The number of likely N-dealkylation sites (N-methyl/N-ethyl adjacent to an activating group) is 1. The normalized spacial score (nSPS) is 13.3. The molecule has 1 amide bonds. The molecule has 2 aromatic carbocycles. The van der Waals surface area contributed by atoms with Crippen molar-refractivity contribution in [3.8, 4) is 0 Å². The predicted octanol–water partition coefficient (Wildman–Crippen LogP) is 4.32. The van der Waals surface area contributed by atoms with Gasteiger partial charge in [0.1, 0.15) is 11.6 Å². The summed E-state index contributed by atoms with van der Waals surface area (Å²) >= 11 is 0. The molecule has 1 aromatic heterocycles. The first kappa shape index (κ1) is 18.9. The molecule has 140 valence electrons. The van der Waals surface area contributed by atoms with Crippen LogP contribution in [0.5, 0.6) is 0 Å². The van der Waals surface area contributed by atoms with Crippen LogP contribution in [0.3, 0.4) is 0 Å². The zero-order chi connectivity index (χ0) is 19.2. The van der Waals surface area contributed by atoms with Crippen LogP contribution >= 0.6 is 0 Å². The van der Waals surface area contributed by atoms with E-state index < -0.39 is 0 Å². The molecule has 2 unspecified atom stereocenters. The number of furan rings is 1. The van der Waals surface area contributed by atoms with Gasteiger partial charge in [-0.05, 0) is 49.4 Å². The summed E-state index contributed by atoms with van der Waals surface area (Å²) < 4.78 is 18.7. The molecule has 0 aliphatic rings. The van der Waals surface area contributed by atoms with Crippen LogP contribution in [0.15, 0.2) is 77.4 Å². The second kappa shape index (κ2) is 8.64. The van der Waals surface area contributed by atoms with E-state index in [4.69, 9.17) is 4.42 Å². The second-order valence-corrected chi connectivity index (χ2v) is 6.58. The van der Waals surface area contributed by atoms with Crippen LogP contribution in [0.4, 0.5) is 4.39 Å². The maximum absolute atomic E-state index is 13.4. The second-order valence-electron chi connectivity index (χ2n) is 6.58. The molecule has 0 aliphatic heterocycles. The monoisotopic (exact) mass is 366 g/mol. The van der Waals surface area contributed by atoms with Crippen molar-refractivity contribution in [2.75, 3.05) is 13.6 Å². The summed E-state index contributed by atoms with van der Waals surface area (Å²) in [5, 5.41) is 2.95. The van der Waals surface area contributed by atoms with Crippen molar-refractivity contribution in [2.45, 2.75) is 19.0 Å². The van der Waals surface area contributed by atoms with Crippen molar-refractivity contribution in [1.82, 2.24) is 10.2 Å². The van der Waals surface area contributed by atoms with E-state index in [-0.39, 0.29) is 30.4 Å². The Labute approximate surface area is 158 Å². The lowest BCUT2D eigenvalue weighted by Crippen LogP contribution is -2.38. The van der Waals surface area contributed by atoms with Gasteiger partial charge in [-0.2, -0.15) is 0 Å². The van der Waals surface area contributed by atoms with Gasteiger partial charge in [0.05, 0.1) is 24.9 Å². The molecular formula is C22H23FN2O2. The van der Waals surface area contributed by atoms with Gasteiger partial charge in [-0.3, -0.25) is 9.69 Å². The molecule has 0 bridgehead atoms. The molecular weight excluding hydrogens is 343 g/mol. The number of benzene rings is 2. The molecule has 5 heteroatoms. The average Bonchev–Trinajstić information content (AvgIpc) is 3.19. The number of hydrogen-bond acceptors (Lipinski definition) is 3. The number of rotatable bonds is 7. The SMILES string of the molecule is CC(NC(=O)CN(C)C(c1ccccc1)c1ccc(F)cc1)c1ccco1. The molecule has 0 radical (unpaired) electrons. The minimum absolute atomic E-state index is 0.107. The van der Waals surface area contributed by atoms with Gasteiger partial charge in [0.2, 0.25) is 5.91 Å². The molecule has 27 heavy (non-hydrogen) atoms. The van der Waals surface area contributed by atoms with Crippen molar-refractivity contribution < 1.29 is 13.6 Å². The molecule has 0 fully saturated rings. The van der Waals surface area contributed by atoms with E-state index >= 15 is 0 Å². The van der Waals surface area contributed by atoms with Crippen molar-refractivity contribution in [2.24, 2.45) is 0 Å². The summed E-state index contributed by atoms with van der Waals surface area (Å²) in [5.41, 5.74) is 1.97. The van der Waals surface area contributed by atoms with E-state index in [1.54, 1.807) is 24.5 Å². The first-order valence-corrected chi connectivity index (χ1v) is 8.88. The van der Waals surface area contributed by atoms with Gasteiger partial charge in [0.15, 0.2) is 0 Å². The van der Waals surface area contributed by atoms with E-state index in [1.807, 2.05) is 55.3 Å². The fraction of sp³-hybridized carbons (Fsp3) is 0.227. The molecule has 0 aliphatic carbocycles. The Morgan fingerprint density at radius 3 is 2.33 bits per heavy atom. The van der Waals surface area contributed by atoms with Gasteiger partial charge >= 0.3 is 0 Å². The quantitative estimate of drug-likeness (QED) is 0.677. The van der Waals surface area contributed by atoms with Gasteiger partial charge in [-0.25, -0.2) is 4.39 Å². The highest BCUT2D eigenvalue weighted by Gasteiger charge is 2.22. The molecule has 1 N–H and O–H groups in total. The Bertz CT molecular complexity index is 848. The fourth-order valence-electron chi connectivity index (χ4n) is 3.20. The Morgan fingerprint density at radius 2 is 1.70 bits per heavy atom. The van der Waals surface area contributed by atoms with E-state index in [0.717, 1.165) is 11.1 Å². The lowest BCUT2D eigenvalue weighted by atomic mass is 9.97. The summed E-state index contributed by atoms with van der Waals surface area (Å²) in [6.07, 6.45) is 1.59. The maximum Gasteiger partial charge on any atom is 0.234 e. The van der Waals surface area contributed by atoms with E-state index in [2.05, 4.69) is 5.32 Å². The number of nitrogens with zero attached hydrogens (tertiary/aromatic N) is 1. The Morgan fingerprint density at radius 1 is 1.04 bits per heavy atom. The average molecular weight is 366 g/mol. The van der Waals surface area contributed by atoms with E-state index in [1.165, 1.54) is 12.1 Å². The first-order chi connectivity index (χ1) is 13.0. The predicted molar refractivity (Wildman–Crippen MR) is 103 cm³/mol. The molecule has 1 heterocycles. The van der Waals surface area contributed by atoms with Crippen LogP contribution in [-0.2, 0) is 4.79 Å². The third-order valence-corrected chi connectivity index (χ3v) is 4.48. The molecule has 0 saturated carbocycles. The number of nitrogens with one attached hydrogen (secondary N) is 1. The number of carbonyl (C=O) groups excluding carboxylic acids is 1. The summed E-state index contributed by atoms with van der Waals surface area (Å²) in [6, 6.07) is 19.5. The fourth-order valence-corrected chi connectivity index (χ4v) is 3.20. The zero-order valence-electron chi connectivity index (χ0n) is 15.4. The first-order valence-electron chi connectivity index (χ1n) is 8.88. The van der Waals surface area contributed by atoms with Crippen LogP contribution in [0.1, 0.15) is 35.9 Å². The third kappa shape index (κ3) is 4.83. The summed E-state index contributed by atoms with van der Waals surface area (Å²) in [7, 11) is 1.89. The molecule has 3 rings (SSSR count). The van der Waals surface area contributed by atoms with Crippen molar-refractivity contribution in [3.63, 3.8) is 0 Å². The Hall–Kier alpha value is -2.92. The van der Waals surface area contributed by atoms with Crippen LogP contribution in [0.2, 0.25) is 0 Å². The van der Waals surface area contributed by atoms with Crippen LogP contribution in [0.25, 0.3) is 0 Å². The molecule has 4 nitrogen and oxygen atoms in total. The minimum atomic E-state index is -0.279. The lowest BCUT2D eigenvalue weighted by molar-refractivity contribution is -0.123. The molecule has 3 aromatic rings. The summed E-state index contributed by atoms with van der Waals surface area (Å²) in [6.45, 7) is 2.08. The molecule has 0 spiro atoms. The van der Waals surface area contributed by atoms with Crippen molar-refractivity contribution in [1.29, 1.82) is 0 Å². The summed E-state index contributed by atoms with van der Waals surface area (Å²) in [4.78, 5) is 14.5. The molecule has 2 atom stereocenters. The maximum atomic E-state index is 13.4. The zero-order valence-corrected chi connectivity index (χ0v) is 15.4. The minimum Gasteiger partial charge on any atom is -0.467 e. The highest BCUT2D eigenvalue weighted by molar-refractivity contribution is 5.78. The van der Waals surface area contributed by atoms with Gasteiger partial charge in [-0.1, -0.05) is 42.5 Å². The number of amides is 1. The topological polar surface area (TPSA) is 45.5 Å². The van der Waals surface area contributed by atoms with Crippen molar-refractivity contribution >= 4 is 5.91 Å². The van der Waals surface area contributed by atoms with E-state index in [0.29, 0.717) is 5.76 Å². The van der Waals surface area contributed by atoms with Crippen LogP contribution < -0.4 is 5.32 Å². The van der Waals surface area contributed by atoms with E-state index in [9.17, 15) is 9.18 Å². The van der Waals surface area contributed by atoms with Crippen molar-refractivity contribution in [3.05, 3.63) is 95.7 Å². The summed E-state index contributed by atoms with van der Waals surface area (Å²) in [5.74, 6) is 0.326. The van der Waals surface area contributed by atoms with Gasteiger partial charge in [0.25, 0.3) is 0 Å². The Balaban J connectivity index is 1.75. The number of halogens is 1. The third-order valence-electron chi connectivity index (χ3n) is 4.48. The smallest absolute Gasteiger partial charge is 0.234 e.